The highest BCUT2D eigenvalue weighted by atomic mass is 14.7. The number of rotatable bonds is 1. The fraction of sp³-hybridized carbons (Fsp3) is 0.455. The fourth-order valence-corrected chi connectivity index (χ4v) is 1.10. The van der Waals surface area contributed by atoms with Gasteiger partial charge in [-0.15, -0.1) is 0 Å². The summed E-state index contributed by atoms with van der Waals surface area (Å²) in [5, 5.41) is 0. The quantitative estimate of drug-likeness (QED) is 0.674. The molecule has 1 atom stereocenters. The third-order valence-corrected chi connectivity index (χ3v) is 2.02. The lowest BCUT2D eigenvalue weighted by Gasteiger charge is -2.27. The molecule has 0 amide bonds. The van der Waals surface area contributed by atoms with Crippen LogP contribution < -0.4 is 5.73 Å². The van der Waals surface area contributed by atoms with E-state index in [1.807, 2.05) is 24.3 Å². The van der Waals surface area contributed by atoms with Gasteiger partial charge in [0.15, 0.2) is 0 Å². The van der Waals surface area contributed by atoms with E-state index in [-0.39, 0.29) is 11.5 Å². The molecule has 0 aliphatic rings. The Bertz CT molecular complexity index is 233. The van der Waals surface area contributed by atoms with Crippen molar-refractivity contribution in [3.05, 3.63) is 35.9 Å². The van der Waals surface area contributed by atoms with Gasteiger partial charge in [0.25, 0.3) is 0 Å². The van der Waals surface area contributed by atoms with Crippen molar-refractivity contribution in [3.63, 3.8) is 0 Å². The normalized spacial score (nSPS) is 14.3. The summed E-state index contributed by atoms with van der Waals surface area (Å²) in [6.07, 6.45) is 0. The van der Waals surface area contributed by atoms with Crippen LogP contribution in [0.5, 0.6) is 0 Å². The molecule has 0 saturated heterocycles. The minimum Gasteiger partial charge on any atom is -0.324 e. The Hall–Kier alpha value is -0.820. The number of nitrogens with two attached hydrogens (primary N) is 1. The lowest BCUT2D eigenvalue weighted by Crippen LogP contribution is -2.26. The lowest BCUT2D eigenvalue weighted by atomic mass is 9.83. The highest BCUT2D eigenvalue weighted by molar-refractivity contribution is 5.19. The van der Waals surface area contributed by atoms with Crippen molar-refractivity contribution in [1.29, 1.82) is 0 Å². The molecule has 65 valence electrons. The molecule has 1 heteroatoms. The van der Waals surface area contributed by atoms with E-state index in [1.165, 1.54) is 0 Å². The van der Waals surface area contributed by atoms with Crippen molar-refractivity contribution in [1.82, 2.24) is 0 Å². The smallest absolute Gasteiger partial charge is 0.0344 e. The summed E-state index contributed by atoms with van der Waals surface area (Å²) < 4.78 is 0. The average molecular weight is 162 g/mol. The van der Waals surface area contributed by atoms with Crippen LogP contribution >= 0.6 is 0 Å². The summed E-state index contributed by atoms with van der Waals surface area (Å²) in [6.45, 7) is 6.43. The van der Waals surface area contributed by atoms with Crippen LogP contribution in [0.1, 0.15) is 32.4 Å². The van der Waals surface area contributed by atoms with Crippen molar-refractivity contribution in [2.24, 2.45) is 11.1 Å². The van der Waals surface area contributed by atoms with Crippen LogP contribution in [0.15, 0.2) is 24.3 Å². The maximum Gasteiger partial charge on any atom is 0.0344 e. The van der Waals surface area contributed by atoms with E-state index in [0.717, 1.165) is 5.56 Å². The topological polar surface area (TPSA) is 26.0 Å². The number of hydrogen-bond donors (Lipinski definition) is 1. The molecule has 1 aromatic carbocycles. The van der Waals surface area contributed by atoms with E-state index in [0.29, 0.717) is 0 Å². The highest BCUT2D eigenvalue weighted by Gasteiger charge is 2.21. The Kier molecular flexibility index (Phi) is 2.53. The third kappa shape index (κ3) is 2.08. The van der Waals surface area contributed by atoms with Crippen molar-refractivity contribution in [2.75, 3.05) is 0 Å². The fourth-order valence-electron chi connectivity index (χ4n) is 1.10. The predicted molar refractivity (Wildman–Crippen MR) is 51.7 cm³/mol. The van der Waals surface area contributed by atoms with Crippen LogP contribution in [-0.2, 0) is 0 Å². The van der Waals surface area contributed by atoms with E-state index in [4.69, 9.17) is 5.73 Å². The summed E-state index contributed by atoms with van der Waals surface area (Å²) >= 11 is 0. The molecule has 0 aliphatic carbocycles. The van der Waals surface area contributed by atoms with E-state index in [9.17, 15) is 0 Å². The predicted octanol–water partition coefficient (Wildman–Crippen LogP) is 2.53. The Morgan fingerprint density at radius 1 is 1.42 bits per heavy atom. The molecule has 0 spiro atoms. The molecule has 12 heavy (non-hydrogen) atoms. The van der Waals surface area contributed by atoms with Crippen molar-refractivity contribution in [3.8, 4) is 0 Å². The molecular weight excluding hydrogens is 146 g/mol. The summed E-state index contributed by atoms with van der Waals surface area (Å²) in [5.74, 6) is 0. The minimum atomic E-state index is 0.0925. The van der Waals surface area contributed by atoms with Crippen LogP contribution in [0, 0.1) is 11.5 Å². The van der Waals surface area contributed by atoms with Gasteiger partial charge in [-0.1, -0.05) is 39.0 Å². The molecule has 1 radical (unpaired) electrons. The first-order chi connectivity index (χ1) is 5.52. The Morgan fingerprint density at radius 3 is 2.50 bits per heavy atom. The van der Waals surface area contributed by atoms with E-state index in [1.54, 1.807) is 0 Å². The number of hydrogen-bond acceptors (Lipinski definition) is 1. The molecule has 1 rings (SSSR count). The van der Waals surface area contributed by atoms with Gasteiger partial charge < -0.3 is 5.73 Å². The van der Waals surface area contributed by atoms with E-state index in [2.05, 4.69) is 26.8 Å². The van der Waals surface area contributed by atoms with Gasteiger partial charge in [0.2, 0.25) is 0 Å². The van der Waals surface area contributed by atoms with Crippen molar-refractivity contribution in [2.45, 2.75) is 26.8 Å². The van der Waals surface area contributed by atoms with Crippen LogP contribution in [-0.4, -0.2) is 0 Å². The second kappa shape index (κ2) is 3.28. The molecule has 0 fully saturated rings. The molecule has 0 saturated carbocycles. The molecule has 0 heterocycles. The van der Waals surface area contributed by atoms with Crippen LogP contribution in [0.3, 0.4) is 0 Å². The zero-order chi connectivity index (χ0) is 9.19. The second-order valence-corrected chi connectivity index (χ2v) is 4.18. The molecule has 1 unspecified atom stereocenters. The van der Waals surface area contributed by atoms with Crippen molar-refractivity contribution >= 4 is 0 Å². The van der Waals surface area contributed by atoms with Gasteiger partial charge in [-0.3, -0.25) is 0 Å². The largest absolute Gasteiger partial charge is 0.324 e. The summed E-state index contributed by atoms with van der Waals surface area (Å²) in [4.78, 5) is 0. The van der Waals surface area contributed by atoms with Gasteiger partial charge in [-0.2, -0.15) is 0 Å². The molecule has 0 aromatic heterocycles. The Morgan fingerprint density at radius 2 is 2.08 bits per heavy atom. The zero-order valence-electron chi connectivity index (χ0n) is 7.96. The SMILES string of the molecule is CC(C)(C)C(N)c1c[c]ccc1. The molecular formula is C11H16N. The van der Waals surface area contributed by atoms with Gasteiger partial charge in [0, 0.05) is 6.04 Å². The summed E-state index contributed by atoms with van der Waals surface area (Å²) in [5.41, 5.74) is 7.33. The van der Waals surface area contributed by atoms with E-state index >= 15 is 0 Å². The highest BCUT2D eigenvalue weighted by Crippen LogP contribution is 2.29. The summed E-state index contributed by atoms with van der Waals surface area (Å²) in [6, 6.07) is 11.0. The van der Waals surface area contributed by atoms with Gasteiger partial charge in [0.05, 0.1) is 0 Å². The first-order valence-electron chi connectivity index (χ1n) is 4.23. The Labute approximate surface area is 74.6 Å². The van der Waals surface area contributed by atoms with Gasteiger partial charge in [-0.25, -0.2) is 0 Å². The summed E-state index contributed by atoms with van der Waals surface area (Å²) in [7, 11) is 0. The minimum absolute atomic E-state index is 0.0925. The van der Waals surface area contributed by atoms with Gasteiger partial charge in [0.1, 0.15) is 0 Å². The standard InChI is InChI=1S/C11H16N/c1-11(2,3)10(12)9-7-5-4-6-8-9/h4-5,7-8,10H,12H2,1-3H3. The Balaban J connectivity index is 2.86. The lowest BCUT2D eigenvalue weighted by molar-refractivity contribution is 0.327. The monoisotopic (exact) mass is 162 g/mol. The molecule has 1 aromatic rings. The van der Waals surface area contributed by atoms with Gasteiger partial charge >= 0.3 is 0 Å². The van der Waals surface area contributed by atoms with Crippen LogP contribution in [0.2, 0.25) is 0 Å². The molecule has 2 N–H and O–H groups in total. The second-order valence-electron chi connectivity index (χ2n) is 4.18. The first-order valence-corrected chi connectivity index (χ1v) is 4.23. The maximum atomic E-state index is 6.05. The van der Waals surface area contributed by atoms with Crippen LogP contribution in [0.25, 0.3) is 0 Å². The molecule has 0 bridgehead atoms. The van der Waals surface area contributed by atoms with Crippen LogP contribution in [0.4, 0.5) is 0 Å². The average Bonchev–Trinajstić information content (AvgIpc) is 2.03. The number of benzene rings is 1. The maximum absolute atomic E-state index is 6.05. The van der Waals surface area contributed by atoms with Crippen molar-refractivity contribution < 1.29 is 0 Å². The van der Waals surface area contributed by atoms with E-state index < -0.39 is 0 Å². The zero-order valence-corrected chi connectivity index (χ0v) is 7.96. The molecule has 1 nitrogen and oxygen atoms in total. The first kappa shape index (κ1) is 9.27. The third-order valence-electron chi connectivity index (χ3n) is 2.02. The molecule has 0 aliphatic heterocycles. The van der Waals surface area contributed by atoms with Gasteiger partial charge in [-0.05, 0) is 23.1 Å².